The minimum atomic E-state index is 0.589. The third kappa shape index (κ3) is 2.29. The number of anilines is 3. The van der Waals surface area contributed by atoms with Crippen LogP contribution in [0.15, 0.2) is 24.5 Å². The predicted octanol–water partition coefficient (Wildman–Crippen LogP) is 2.42. The van der Waals surface area contributed by atoms with Crippen LogP contribution >= 0.6 is 0 Å². The van der Waals surface area contributed by atoms with Gasteiger partial charge in [0.2, 0.25) is 0 Å². The van der Waals surface area contributed by atoms with Crippen LogP contribution in [-0.2, 0) is 0 Å². The molecule has 0 spiro atoms. The molecule has 1 aromatic heterocycles. The number of nitrogens with two attached hydrogens (primary N) is 1. The lowest BCUT2D eigenvalue weighted by molar-refractivity contribution is 1.06. The Morgan fingerprint density at radius 2 is 2.06 bits per heavy atom. The number of hydrogen-bond donors (Lipinski definition) is 3. The van der Waals surface area contributed by atoms with E-state index in [1.165, 1.54) is 12.5 Å². The summed E-state index contributed by atoms with van der Waals surface area (Å²) in [6.45, 7) is 3.90. The van der Waals surface area contributed by atoms with Crippen molar-refractivity contribution in [2.24, 2.45) is 0 Å². The molecule has 0 bridgehead atoms. The molecule has 18 heavy (non-hydrogen) atoms. The van der Waals surface area contributed by atoms with Gasteiger partial charge in [-0.05, 0) is 32.0 Å². The maximum absolute atomic E-state index is 7.28. The smallest absolute Gasteiger partial charge is 0.136 e. The first-order valence-electron chi connectivity index (χ1n) is 5.57. The van der Waals surface area contributed by atoms with Gasteiger partial charge in [0, 0.05) is 34.4 Å². The van der Waals surface area contributed by atoms with Crippen molar-refractivity contribution in [1.82, 2.24) is 9.97 Å². The summed E-state index contributed by atoms with van der Waals surface area (Å²) in [6.07, 6.45) is 2.76. The van der Waals surface area contributed by atoms with E-state index < -0.39 is 0 Å². The summed E-state index contributed by atoms with van der Waals surface area (Å²) in [4.78, 5) is 8.32. The van der Waals surface area contributed by atoms with Crippen molar-refractivity contribution < 1.29 is 0 Å². The molecule has 2 rings (SSSR count). The molecule has 4 N–H and O–H groups in total. The van der Waals surface area contributed by atoms with Crippen molar-refractivity contribution in [3.63, 3.8) is 0 Å². The van der Waals surface area contributed by atoms with Crippen LogP contribution in [0.3, 0.4) is 0 Å². The summed E-state index contributed by atoms with van der Waals surface area (Å²) >= 11 is 0. The van der Waals surface area contributed by atoms with Crippen LogP contribution in [-0.4, -0.2) is 16.2 Å². The summed E-state index contributed by atoms with van der Waals surface area (Å²) in [5.41, 5.74) is 9.81. The molecular formula is C13H15N5. The van der Waals surface area contributed by atoms with E-state index >= 15 is 0 Å². The van der Waals surface area contributed by atoms with Gasteiger partial charge < -0.3 is 16.5 Å². The molecule has 0 aliphatic heterocycles. The topological polar surface area (TPSA) is 87.7 Å². The van der Waals surface area contributed by atoms with Crippen molar-refractivity contribution in [3.05, 3.63) is 41.3 Å². The largest absolute Gasteiger partial charge is 0.398 e. The highest BCUT2D eigenvalue weighted by Gasteiger charge is 2.05. The Balaban J connectivity index is 2.34. The lowest BCUT2D eigenvalue weighted by atomic mass is 10.1. The van der Waals surface area contributed by atoms with Crippen LogP contribution in [0.1, 0.15) is 16.8 Å². The average molecular weight is 241 g/mol. The molecule has 1 heterocycles. The Kier molecular flexibility index (Phi) is 3.23. The monoisotopic (exact) mass is 241 g/mol. The summed E-state index contributed by atoms with van der Waals surface area (Å²) < 4.78 is 0. The van der Waals surface area contributed by atoms with Gasteiger partial charge in [-0.25, -0.2) is 9.97 Å². The number of nitrogen functional groups attached to an aromatic ring is 1. The molecule has 0 amide bonds. The SMILES string of the molecule is Cc1ncnc(Nc2ccc(N)c(C=N)c2)c1C. The molecule has 0 aliphatic rings. The fourth-order valence-electron chi connectivity index (χ4n) is 1.58. The van der Waals surface area contributed by atoms with E-state index in [9.17, 15) is 0 Å². The van der Waals surface area contributed by atoms with Gasteiger partial charge in [0.1, 0.15) is 12.1 Å². The van der Waals surface area contributed by atoms with Gasteiger partial charge in [0.05, 0.1) is 0 Å². The number of aryl methyl sites for hydroxylation is 1. The molecule has 0 saturated heterocycles. The van der Waals surface area contributed by atoms with Crippen LogP contribution in [0.2, 0.25) is 0 Å². The first kappa shape index (κ1) is 12.0. The zero-order valence-electron chi connectivity index (χ0n) is 10.4. The summed E-state index contributed by atoms with van der Waals surface area (Å²) in [7, 11) is 0. The molecule has 0 unspecified atom stereocenters. The third-order valence-corrected chi connectivity index (χ3v) is 2.84. The van der Waals surface area contributed by atoms with E-state index in [-0.39, 0.29) is 0 Å². The van der Waals surface area contributed by atoms with Crippen LogP contribution in [0, 0.1) is 19.3 Å². The van der Waals surface area contributed by atoms with Crippen LogP contribution in [0.4, 0.5) is 17.2 Å². The van der Waals surface area contributed by atoms with Gasteiger partial charge in [-0.2, -0.15) is 0 Å². The van der Waals surface area contributed by atoms with E-state index in [0.717, 1.165) is 22.8 Å². The second-order valence-corrected chi connectivity index (χ2v) is 4.05. The van der Waals surface area contributed by atoms with Crippen molar-refractivity contribution in [2.45, 2.75) is 13.8 Å². The molecule has 92 valence electrons. The van der Waals surface area contributed by atoms with Gasteiger partial charge in [0.15, 0.2) is 0 Å². The minimum absolute atomic E-state index is 0.589. The fourth-order valence-corrected chi connectivity index (χ4v) is 1.58. The third-order valence-electron chi connectivity index (χ3n) is 2.84. The Labute approximate surface area is 106 Å². The second kappa shape index (κ2) is 4.83. The average Bonchev–Trinajstić information content (AvgIpc) is 2.37. The minimum Gasteiger partial charge on any atom is -0.398 e. The number of rotatable bonds is 3. The normalized spacial score (nSPS) is 10.1. The lowest BCUT2D eigenvalue weighted by Gasteiger charge is -2.10. The zero-order valence-corrected chi connectivity index (χ0v) is 10.4. The Hall–Kier alpha value is -2.43. The highest BCUT2D eigenvalue weighted by molar-refractivity contribution is 5.87. The lowest BCUT2D eigenvalue weighted by Crippen LogP contribution is -2.01. The maximum Gasteiger partial charge on any atom is 0.136 e. The quantitative estimate of drug-likeness (QED) is 0.568. The van der Waals surface area contributed by atoms with Gasteiger partial charge in [-0.1, -0.05) is 0 Å². The first-order valence-corrected chi connectivity index (χ1v) is 5.57. The molecule has 5 heteroatoms. The molecular weight excluding hydrogens is 226 g/mol. The number of aromatic nitrogens is 2. The van der Waals surface area contributed by atoms with E-state index in [0.29, 0.717) is 11.3 Å². The van der Waals surface area contributed by atoms with Crippen LogP contribution in [0.5, 0.6) is 0 Å². The Bertz CT molecular complexity index is 592. The number of hydrogen-bond acceptors (Lipinski definition) is 5. The Morgan fingerprint density at radius 3 is 2.78 bits per heavy atom. The summed E-state index contributed by atoms with van der Waals surface area (Å²) in [5, 5.41) is 10.5. The summed E-state index contributed by atoms with van der Waals surface area (Å²) in [6, 6.07) is 5.45. The molecule has 5 nitrogen and oxygen atoms in total. The molecule has 1 aromatic carbocycles. The second-order valence-electron chi connectivity index (χ2n) is 4.05. The van der Waals surface area contributed by atoms with Gasteiger partial charge >= 0.3 is 0 Å². The van der Waals surface area contributed by atoms with Crippen LogP contribution in [0.25, 0.3) is 0 Å². The predicted molar refractivity (Wildman–Crippen MR) is 73.5 cm³/mol. The van der Waals surface area contributed by atoms with Crippen molar-refractivity contribution in [1.29, 1.82) is 5.41 Å². The van der Waals surface area contributed by atoms with Crippen molar-refractivity contribution in [2.75, 3.05) is 11.1 Å². The molecule has 0 atom stereocenters. The van der Waals surface area contributed by atoms with Gasteiger partial charge in [0.25, 0.3) is 0 Å². The van der Waals surface area contributed by atoms with E-state index in [2.05, 4.69) is 15.3 Å². The molecule has 0 aliphatic carbocycles. The van der Waals surface area contributed by atoms with Crippen LogP contribution < -0.4 is 11.1 Å². The number of benzene rings is 1. The Morgan fingerprint density at radius 1 is 1.28 bits per heavy atom. The summed E-state index contributed by atoms with van der Waals surface area (Å²) in [5.74, 6) is 0.767. The van der Waals surface area contributed by atoms with E-state index in [1.54, 1.807) is 6.07 Å². The number of nitrogens with zero attached hydrogens (tertiary/aromatic N) is 2. The highest BCUT2D eigenvalue weighted by Crippen LogP contribution is 2.22. The van der Waals surface area contributed by atoms with Crippen molar-refractivity contribution >= 4 is 23.4 Å². The standard InChI is InChI=1S/C13H15N5/c1-8-9(2)16-7-17-13(8)18-11-3-4-12(15)10(5-11)6-14/h3-7,14H,15H2,1-2H3,(H,16,17,18). The first-order chi connectivity index (χ1) is 8.61. The number of nitrogens with one attached hydrogen (secondary N) is 2. The zero-order chi connectivity index (χ0) is 13.1. The molecule has 0 fully saturated rings. The fraction of sp³-hybridized carbons (Fsp3) is 0.154. The molecule has 2 aromatic rings. The van der Waals surface area contributed by atoms with Gasteiger partial charge in [-0.15, -0.1) is 0 Å². The van der Waals surface area contributed by atoms with E-state index in [1.807, 2.05) is 26.0 Å². The molecule has 0 radical (unpaired) electrons. The highest BCUT2D eigenvalue weighted by atomic mass is 15.0. The maximum atomic E-state index is 7.28. The molecule has 0 saturated carbocycles. The van der Waals surface area contributed by atoms with E-state index in [4.69, 9.17) is 11.1 Å². The van der Waals surface area contributed by atoms with Gasteiger partial charge in [-0.3, -0.25) is 0 Å². The van der Waals surface area contributed by atoms with Crippen molar-refractivity contribution in [3.8, 4) is 0 Å².